The smallest absolute Gasteiger partial charge is 0.466 e. The quantitative estimate of drug-likeness (QED) is 0.252. The number of aromatic nitrogens is 2. The molecule has 0 spiro atoms. The van der Waals surface area contributed by atoms with Gasteiger partial charge in [-0.25, -0.2) is 9.59 Å². The normalized spacial score (nSPS) is 11.8. The number of nitrogens with zero attached hydrogens (tertiary/aromatic N) is 3. The topological polar surface area (TPSA) is 113 Å². The molecule has 1 aromatic heterocycles. The SMILES string of the molecule is CCn1nc(C)cc1/C(OCOC(=O)OCC(=O)OC)=C(\C#N)c1ccc(C(C)(C)C)cc1. The second-order valence-electron chi connectivity index (χ2n) is 8.15. The third-order valence-electron chi connectivity index (χ3n) is 4.73. The van der Waals surface area contributed by atoms with Gasteiger partial charge in [0.05, 0.1) is 12.8 Å². The monoisotopic (exact) mass is 455 g/mol. The minimum absolute atomic E-state index is 0.0370. The molecule has 0 fully saturated rings. The van der Waals surface area contributed by atoms with Gasteiger partial charge in [-0.05, 0) is 36.5 Å². The van der Waals surface area contributed by atoms with Gasteiger partial charge in [0.15, 0.2) is 12.4 Å². The molecule has 9 heteroatoms. The molecule has 0 amide bonds. The summed E-state index contributed by atoms with van der Waals surface area (Å²) in [6.45, 7) is 9.50. The van der Waals surface area contributed by atoms with Crippen LogP contribution in [0.15, 0.2) is 30.3 Å². The molecule has 0 aliphatic carbocycles. The van der Waals surface area contributed by atoms with E-state index in [9.17, 15) is 14.9 Å². The van der Waals surface area contributed by atoms with E-state index in [0.29, 0.717) is 17.8 Å². The van der Waals surface area contributed by atoms with Crippen LogP contribution < -0.4 is 0 Å². The average Bonchev–Trinajstić information content (AvgIpc) is 3.16. The molecule has 1 aromatic carbocycles. The summed E-state index contributed by atoms with van der Waals surface area (Å²) in [4.78, 5) is 22.8. The summed E-state index contributed by atoms with van der Waals surface area (Å²) in [6, 6.07) is 11.6. The van der Waals surface area contributed by atoms with E-state index in [1.165, 1.54) is 7.11 Å². The molecule has 0 aliphatic heterocycles. The van der Waals surface area contributed by atoms with Crippen LogP contribution >= 0.6 is 0 Å². The lowest BCUT2D eigenvalue weighted by molar-refractivity contribution is -0.145. The van der Waals surface area contributed by atoms with Gasteiger partial charge in [0.25, 0.3) is 0 Å². The molecule has 0 radical (unpaired) electrons. The van der Waals surface area contributed by atoms with E-state index in [4.69, 9.17) is 9.47 Å². The molecule has 2 aromatic rings. The van der Waals surface area contributed by atoms with Crippen molar-refractivity contribution in [1.82, 2.24) is 9.78 Å². The van der Waals surface area contributed by atoms with Crippen molar-refractivity contribution in [2.45, 2.75) is 46.6 Å². The van der Waals surface area contributed by atoms with Crippen LogP contribution in [0, 0.1) is 18.3 Å². The highest BCUT2D eigenvalue weighted by molar-refractivity contribution is 5.94. The van der Waals surface area contributed by atoms with E-state index in [0.717, 1.165) is 11.3 Å². The van der Waals surface area contributed by atoms with Crippen molar-refractivity contribution >= 4 is 23.5 Å². The Balaban J connectivity index is 2.37. The van der Waals surface area contributed by atoms with Crippen molar-refractivity contribution < 1.29 is 28.5 Å². The summed E-state index contributed by atoms with van der Waals surface area (Å²) < 4.78 is 21.4. The third-order valence-corrected chi connectivity index (χ3v) is 4.73. The van der Waals surface area contributed by atoms with Crippen LogP contribution in [-0.4, -0.2) is 42.4 Å². The fraction of sp³-hybridized carbons (Fsp3) is 0.417. The van der Waals surface area contributed by atoms with Crippen LogP contribution in [-0.2, 0) is 35.7 Å². The molecular formula is C24H29N3O6. The number of ether oxygens (including phenoxy) is 4. The van der Waals surface area contributed by atoms with Gasteiger partial charge in [0.2, 0.25) is 6.79 Å². The number of carbonyl (C=O) groups excluding carboxylic acids is 2. The summed E-state index contributed by atoms with van der Waals surface area (Å²) in [5.74, 6) is -0.509. The van der Waals surface area contributed by atoms with Gasteiger partial charge >= 0.3 is 12.1 Å². The maximum absolute atomic E-state index is 11.7. The molecule has 0 saturated heterocycles. The minimum atomic E-state index is -1.10. The molecule has 0 aliphatic rings. The zero-order chi connectivity index (χ0) is 24.6. The second-order valence-corrected chi connectivity index (χ2v) is 8.15. The average molecular weight is 456 g/mol. The van der Waals surface area contributed by atoms with Crippen molar-refractivity contribution in [1.29, 1.82) is 5.26 Å². The third kappa shape index (κ3) is 6.84. The zero-order valence-corrected chi connectivity index (χ0v) is 19.8. The number of rotatable bonds is 8. The summed E-state index contributed by atoms with van der Waals surface area (Å²) in [7, 11) is 1.17. The number of nitriles is 1. The van der Waals surface area contributed by atoms with E-state index < -0.39 is 25.5 Å². The van der Waals surface area contributed by atoms with Gasteiger partial charge in [0.1, 0.15) is 17.3 Å². The second kappa shape index (κ2) is 11.2. The number of benzene rings is 1. The number of methoxy groups -OCH3 is 1. The van der Waals surface area contributed by atoms with E-state index in [1.54, 1.807) is 10.7 Å². The summed E-state index contributed by atoms with van der Waals surface area (Å²) >= 11 is 0. The van der Waals surface area contributed by atoms with Gasteiger partial charge in [-0.1, -0.05) is 45.0 Å². The first-order valence-corrected chi connectivity index (χ1v) is 10.4. The Hall–Kier alpha value is -3.80. The van der Waals surface area contributed by atoms with Crippen molar-refractivity contribution in [2.24, 2.45) is 0 Å². The first kappa shape index (κ1) is 25.5. The van der Waals surface area contributed by atoms with Crippen LogP contribution in [0.3, 0.4) is 0 Å². The van der Waals surface area contributed by atoms with Crippen molar-refractivity contribution in [3.05, 3.63) is 52.8 Å². The highest BCUT2D eigenvalue weighted by atomic mass is 16.8. The van der Waals surface area contributed by atoms with E-state index in [2.05, 4.69) is 41.4 Å². The summed E-state index contributed by atoms with van der Waals surface area (Å²) in [6.07, 6.45) is -1.10. The Morgan fingerprint density at radius 1 is 1.12 bits per heavy atom. The maximum atomic E-state index is 11.7. The maximum Gasteiger partial charge on any atom is 0.511 e. The fourth-order valence-corrected chi connectivity index (χ4v) is 2.98. The first-order chi connectivity index (χ1) is 15.6. The van der Waals surface area contributed by atoms with Crippen molar-refractivity contribution in [2.75, 3.05) is 20.5 Å². The molecule has 2 rings (SSSR count). The lowest BCUT2D eigenvalue weighted by Gasteiger charge is -2.19. The van der Waals surface area contributed by atoms with Crippen molar-refractivity contribution in [3.63, 3.8) is 0 Å². The first-order valence-electron chi connectivity index (χ1n) is 10.4. The Morgan fingerprint density at radius 2 is 1.79 bits per heavy atom. The zero-order valence-electron chi connectivity index (χ0n) is 19.8. The summed E-state index contributed by atoms with van der Waals surface area (Å²) in [5, 5.41) is 14.4. The molecule has 33 heavy (non-hydrogen) atoms. The number of aryl methyl sites for hydroxylation is 2. The molecule has 0 saturated carbocycles. The van der Waals surface area contributed by atoms with Crippen LogP contribution in [0.25, 0.3) is 11.3 Å². The molecular weight excluding hydrogens is 426 g/mol. The highest BCUT2D eigenvalue weighted by Gasteiger charge is 2.20. The highest BCUT2D eigenvalue weighted by Crippen LogP contribution is 2.30. The van der Waals surface area contributed by atoms with Crippen LogP contribution in [0.2, 0.25) is 0 Å². The minimum Gasteiger partial charge on any atom is -0.466 e. The van der Waals surface area contributed by atoms with Gasteiger partial charge in [-0.15, -0.1) is 0 Å². The van der Waals surface area contributed by atoms with Crippen LogP contribution in [0.5, 0.6) is 0 Å². The molecule has 0 bridgehead atoms. The fourth-order valence-electron chi connectivity index (χ4n) is 2.98. The van der Waals surface area contributed by atoms with Crippen LogP contribution in [0.1, 0.15) is 50.2 Å². The number of carbonyl (C=O) groups is 2. The lowest BCUT2D eigenvalue weighted by Crippen LogP contribution is -2.17. The number of hydrogen-bond donors (Lipinski definition) is 0. The molecule has 176 valence electrons. The predicted octanol–water partition coefficient (Wildman–Crippen LogP) is 4.20. The van der Waals surface area contributed by atoms with E-state index >= 15 is 0 Å². The van der Waals surface area contributed by atoms with Gasteiger partial charge < -0.3 is 18.9 Å². The standard InChI is InChI=1S/C24H29N3O6/c1-7-27-20(12-16(2)26-27)22(32-15-33-23(29)31-14-21(28)30-6)19(13-25)17-8-10-18(11-9-17)24(3,4)5/h8-12H,7,14-15H2,1-6H3/b22-19-. The molecule has 1 heterocycles. The predicted molar refractivity (Wildman–Crippen MR) is 121 cm³/mol. The van der Waals surface area contributed by atoms with Crippen molar-refractivity contribution in [3.8, 4) is 6.07 Å². The summed E-state index contributed by atoms with van der Waals surface area (Å²) in [5.41, 5.74) is 3.30. The number of allylic oxidation sites excluding steroid dienone is 1. The Labute approximate surface area is 193 Å². The van der Waals surface area contributed by atoms with E-state index in [-0.39, 0.29) is 16.7 Å². The Bertz CT molecular complexity index is 1060. The largest absolute Gasteiger partial charge is 0.511 e. The van der Waals surface area contributed by atoms with E-state index in [1.807, 2.05) is 38.1 Å². The van der Waals surface area contributed by atoms with Gasteiger partial charge in [-0.3, -0.25) is 4.68 Å². The van der Waals surface area contributed by atoms with Gasteiger partial charge in [0, 0.05) is 6.54 Å². The molecule has 0 atom stereocenters. The molecule has 0 unspecified atom stereocenters. The lowest BCUT2D eigenvalue weighted by atomic mass is 9.86. The number of hydrogen-bond acceptors (Lipinski definition) is 8. The van der Waals surface area contributed by atoms with Gasteiger partial charge in [-0.2, -0.15) is 10.4 Å². The molecule has 9 nitrogen and oxygen atoms in total. The molecule has 0 N–H and O–H groups in total. The van der Waals surface area contributed by atoms with Crippen LogP contribution in [0.4, 0.5) is 4.79 Å². The number of esters is 1. The Morgan fingerprint density at radius 3 is 2.33 bits per heavy atom. The Kier molecular flexibility index (Phi) is 8.63.